The molecule has 140 valence electrons. The van der Waals surface area contributed by atoms with Gasteiger partial charge in [0.25, 0.3) is 11.8 Å². The quantitative estimate of drug-likeness (QED) is 0.495. The minimum atomic E-state index is -0.341. The van der Waals surface area contributed by atoms with Crippen LogP contribution in [0.15, 0.2) is 53.1 Å². The molecule has 2 aromatic heterocycles. The smallest absolute Gasteiger partial charge is 0.270 e. The summed E-state index contributed by atoms with van der Waals surface area (Å²) in [6.45, 7) is 1.78. The van der Waals surface area contributed by atoms with E-state index >= 15 is 0 Å². The molecule has 0 bridgehead atoms. The van der Waals surface area contributed by atoms with E-state index in [4.69, 9.17) is 16.1 Å². The van der Waals surface area contributed by atoms with Crippen LogP contribution in [0.4, 0.5) is 9.52 Å². The maximum Gasteiger partial charge on any atom is 0.270 e. The number of rotatable bonds is 4. The molecule has 0 aliphatic rings. The van der Waals surface area contributed by atoms with Crippen LogP contribution in [-0.2, 0) is 0 Å². The summed E-state index contributed by atoms with van der Waals surface area (Å²) in [5.74, 6) is -0.0165. The number of benzene rings is 2. The summed E-state index contributed by atoms with van der Waals surface area (Å²) in [4.78, 5) is 21.7. The Morgan fingerprint density at radius 1 is 1.11 bits per heavy atom. The Kier molecular flexibility index (Phi) is 4.89. The number of carbonyl (C=O) groups is 1. The fraction of sp³-hybridized carbons (Fsp3) is 0.0526. The lowest BCUT2D eigenvalue weighted by Gasteiger charge is -2.01. The molecule has 1 N–H and O–H groups in total. The Labute approximate surface area is 168 Å². The lowest BCUT2D eigenvalue weighted by atomic mass is 10.2. The Hall–Kier alpha value is -3.10. The number of hydrogen-bond donors (Lipinski definition) is 1. The summed E-state index contributed by atoms with van der Waals surface area (Å²) in [6, 6.07) is 12.3. The van der Waals surface area contributed by atoms with Crippen LogP contribution in [0.3, 0.4) is 0 Å². The summed E-state index contributed by atoms with van der Waals surface area (Å²) >= 11 is 7.06. The van der Waals surface area contributed by atoms with Gasteiger partial charge in [-0.05, 0) is 55.5 Å². The van der Waals surface area contributed by atoms with Gasteiger partial charge < -0.3 is 4.52 Å². The van der Waals surface area contributed by atoms with Crippen molar-refractivity contribution in [1.29, 1.82) is 0 Å². The molecular weight excluding hydrogens is 403 g/mol. The first-order chi connectivity index (χ1) is 13.5. The lowest BCUT2D eigenvalue weighted by molar-refractivity contribution is 0.102. The fourth-order valence-corrected chi connectivity index (χ4v) is 3.46. The van der Waals surface area contributed by atoms with Crippen LogP contribution in [0.2, 0.25) is 5.02 Å². The topological polar surface area (TPSA) is 80.9 Å². The van der Waals surface area contributed by atoms with Crippen molar-refractivity contribution in [1.82, 2.24) is 15.1 Å². The highest BCUT2D eigenvalue weighted by molar-refractivity contribution is 7.19. The molecule has 4 rings (SSSR count). The highest BCUT2D eigenvalue weighted by Gasteiger charge is 2.18. The number of aryl methyl sites for hydroxylation is 1. The van der Waals surface area contributed by atoms with E-state index in [1.165, 1.54) is 23.5 Å². The molecule has 0 saturated carbocycles. The van der Waals surface area contributed by atoms with E-state index in [-0.39, 0.29) is 17.6 Å². The summed E-state index contributed by atoms with van der Waals surface area (Å²) in [7, 11) is 0. The first-order valence-corrected chi connectivity index (χ1v) is 9.33. The molecule has 0 spiro atoms. The molecule has 0 saturated heterocycles. The molecular formula is C19H12ClFN4O2S. The van der Waals surface area contributed by atoms with E-state index in [0.717, 1.165) is 0 Å². The molecule has 2 heterocycles. The standard InChI is InChI=1S/C19H12ClFN4O2S/c1-10-15(18-23-16(25-27-18)11-4-8-14(21)9-5-11)28-19(22-10)24-17(26)12-2-6-13(20)7-3-12/h2-9H,1H3,(H,22,24,26). The van der Waals surface area contributed by atoms with Crippen LogP contribution in [0.25, 0.3) is 22.2 Å². The zero-order chi connectivity index (χ0) is 19.7. The van der Waals surface area contributed by atoms with Crippen molar-refractivity contribution in [3.8, 4) is 22.2 Å². The van der Waals surface area contributed by atoms with Crippen molar-refractivity contribution < 1.29 is 13.7 Å². The van der Waals surface area contributed by atoms with E-state index in [9.17, 15) is 9.18 Å². The number of anilines is 1. The number of halogens is 2. The summed E-state index contributed by atoms with van der Waals surface area (Å²) in [6.07, 6.45) is 0. The zero-order valence-electron chi connectivity index (χ0n) is 14.4. The van der Waals surface area contributed by atoms with Crippen molar-refractivity contribution >= 4 is 34.0 Å². The second-order valence-electron chi connectivity index (χ2n) is 5.82. The lowest BCUT2D eigenvalue weighted by Crippen LogP contribution is -2.11. The fourth-order valence-electron chi connectivity index (χ4n) is 2.45. The van der Waals surface area contributed by atoms with Crippen LogP contribution in [0.1, 0.15) is 16.1 Å². The maximum atomic E-state index is 13.1. The largest absolute Gasteiger partial charge is 0.333 e. The minimum Gasteiger partial charge on any atom is -0.333 e. The van der Waals surface area contributed by atoms with Gasteiger partial charge in [0.15, 0.2) is 5.13 Å². The van der Waals surface area contributed by atoms with Crippen molar-refractivity contribution in [2.45, 2.75) is 6.92 Å². The summed E-state index contributed by atoms with van der Waals surface area (Å²) in [5, 5.41) is 7.64. The van der Waals surface area contributed by atoms with Gasteiger partial charge >= 0.3 is 0 Å². The average Bonchev–Trinajstić information content (AvgIpc) is 3.29. The Morgan fingerprint density at radius 3 is 2.54 bits per heavy atom. The number of carbonyl (C=O) groups excluding carboxylic acids is 1. The van der Waals surface area contributed by atoms with Gasteiger partial charge in [0.2, 0.25) is 5.82 Å². The molecule has 4 aromatic rings. The highest BCUT2D eigenvalue weighted by atomic mass is 35.5. The predicted molar refractivity (Wildman–Crippen MR) is 105 cm³/mol. The van der Waals surface area contributed by atoms with E-state index in [1.54, 1.807) is 43.3 Å². The third kappa shape index (κ3) is 3.78. The molecule has 2 aromatic carbocycles. The van der Waals surface area contributed by atoms with E-state index < -0.39 is 0 Å². The average molecular weight is 415 g/mol. The number of nitrogens with one attached hydrogen (secondary N) is 1. The van der Waals surface area contributed by atoms with Gasteiger partial charge in [0, 0.05) is 16.1 Å². The Balaban J connectivity index is 1.55. The molecule has 0 atom stereocenters. The molecule has 0 aliphatic heterocycles. The molecule has 6 nitrogen and oxygen atoms in total. The molecule has 0 fully saturated rings. The van der Waals surface area contributed by atoms with Gasteiger partial charge in [-0.15, -0.1) is 0 Å². The van der Waals surface area contributed by atoms with Crippen LogP contribution in [0.5, 0.6) is 0 Å². The van der Waals surface area contributed by atoms with Crippen molar-refractivity contribution in [2.75, 3.05) is 5.32 Å². The van der Waals surface area contributed by atoms with E-state index in [0.29, 0.717) is 37.7 Å². The number of aromatic nitrogens is 3. The molecule has 1 amide bonds. The molecule has 0 aliphatic carbocycles. The van der Waals surface area contributed by atoms with Crippen molar-refractivity contribution in [3.63, 3.8) is 0 Å². The van der Waals surface area contributed by atoms with Gasteiger partial charge in [-0.2, -0.15) is 4.98 Å². The van der Waals surface area contributed by atoms with Gasteiger partial charge in [-0.1, -0.05) is 28.1 Å². The Morgan fingerprint density at radius 2 is 1.82 bits per heavy atom. The first kappa shape index (κ1) is 18.3. The van der Waals surface area contributed by atoms with Gasteiger partial charge in [0.05, 0.1) is 5.69 Å². The van der Waals surface area contributed by atoms with Crippen LogP contribution < -0.4 is 5.32 Å². The molecule has 28 heavy (non-hydrogen) atoms. The van der Waals surface area contributed by atoms with Gasteiger partial charge in [0.1, 0.15) is 10.7 Å². The second-order valence-corrected chi connectivity index (χ2v) is 7.26. The summed E-state index contributed by atoms with van der Waals surface area (Å²) < 4.78 is 18.4. The zero-order valence-corrected chi connectivity index (χ0v) is 16.0. The third-order valence-corrected chi connectivity index (χ3v) is 5.16. The molecule has 0 radical (unpaired) electrons. The normalized spacial score (nSPS) is 10.8. The monoisotopic (exact) mass is 414 g/mol. The van der Waals surface area contributed by atoms with Gasteiger partial charge in [-0.3, -0.25) is 10.1 Å². The first-order valence-electron chi connectivity index (χ1n) is 8.14. The third-order valence-electron chi connectivity index (χ3n) is 3.85. The maximum absolute atomic E-state index is 13.1. The summed E-state index contributed by atoms with van der Waals surface area (Å²) in [5.41, 5.74) is 1.75. The number of amides is 1. The van der Waals surface area contributed by atoms with Crippen LogP contribution >= 0.6 is 22.9 Å². The van der Waals surface area contributed by atoms with Crippen LogP contribution in [-0.4, -0.2) is 21.0 Å². The van der Waals surface area contributed by atoms with Crippen molar-refractivity contribution in [2.24, 2.45) is 0 Å². The SMILES string of the molecule is Cc1nc(NC(=O)c2ccc(Cl)cc2)sc1-c1nc(-c2ccc(F)cc2)no1. The minimum absolute atomic E-state index is 0.279. The number of nitrogens with zero attached hydrogens (tertiary/aromatic N) is 3. The second kappa shape index (κ2) is 7.49. The van der Waals surface area contributed by atoms with Crippen molar-refractivity contribution in [3.05, 3.63) is 70.6 Å². The van der Waals surface area contributed by atoms with E-state index in [2.05, 4.69) is 20.4 Å². The van der Waals surface area contributed by atoms with Gasteiger partial charge in [-0.25, -0.2) is 9.37 Å². The number of hydrogen-bond acceptors (Lipinski definition) is 6. The molecule has 0 unspecified atom stereocenters. The Bertz CT molecular complexity index is 1140. The highest BCUT2D eigenvalue weighted by Crippen LogP contribution is 2.33. The molecule has 9 heteroatoms. The predicted octanol–water partition coefficient (Wildman–Crippen LogP) is 5.21. The number of thiazole rings is 1. The van der Waals surface area contributed by atoms with E-state index in [1.807, 2.05) is 0 Å². The van der Waals surface area contributed by atoms with Crippen LogP contribution in [0, 0.1) is 12.7 Å².